The lowest BCUT2D eigenvalue weighted by Gasteiger charge is -2.14. The zero-order valence-corrected chi connectivity index (χ0v) is 9.82. The van der Waals surface area contributed by atoms with E-state index < -0.39 is 5.41 Å². The van der Waals surface area contributed by atoms with Crippen LogP contribution in [0, 0.1) is 0 Å². The fourth-order valence-corrected chi connectivity index (χ4v) is 2.05. The number of benzene rings is 1. The molecule has 1 saturated carbocycles. The topological polar surface area (TPSA) is 63.6 Å². The Morgan fingerprint density at radius 1 is 1.35 bits per heavy atom. The molecule has 0 radical (unpaired) electrons. The lowest BCUT2D eigenvalue weighted by Crippen LogP contribution is -2.22. The second kappa shape index (κ2) is 3.87. The highest BCUT2D eigenvalue weighted by Crippen LogP contribution is 2.49. The first-order valence-electron chi connectivity index (χ1n) is 5.44. The predicted molar refractivity (Wildman–Crippen MR) is 61.0 cm³/mol. The number of ether oxygens (including phenoxy) is 1. The van der Waals surface area contributed by atoms with Crippen molar-refractivity contribution in [3.8, 4) is 5.75 Å². The second-order valence-corrected chi connectivity index (χ2v) is 4.36. The van der Waals surface area contributed by atoms with Crippen LogP contribution in [0.1, 0.15) is 35.7 Å². The summed E-state index contributed by atoms with van der Waals surface area (Å²) in [5.74, 6) is -0.551. The zero-order valence-electron chi connectivity index (χ0n) is 9.82. The van der Waals surface area contributed by atoms with Crippen LogP contribution >= 0.6 is 0 Å². The average Bonchev–Trinajstić information content (AvgIpc) is 3.09. The first-order valence-corrected chi connectivity index (χ1v) is 5.44. The molecule has 90 valence electrons. The zero-order chi connectivity index (χ0) is 12.6. The Bertz CT molecular complexity index is 486. The van der Waals surface area contributed by atoms with Gasteiger partial charge in [-0.15, -0.1) is 0 Å². The van der Waals surface area contributed by atoms with Crippen LogP contribution in [-0.4, -0.2) is 24.0 Å². The van der Waals surface area contributed by atoms with E-state index >= 15 is 0 Å². The standard InChI is InChI=1S/C13H14O4/c1-8(14)10-7-9(3-4-11(10)15)13(5-6-13)12(16)17-2/h3-4,7,15H,5-6H2,1-2H3. The molecule has 0 saturated heterocycles. The molecule has 0 atom stereocenters. The fraction of sp³-hybridized carbons (Fsp3) is 0.385. The summed E-state index contributed by atoms with van der Waals surface area (Å²) in [7, 11) is 1.36. The van der Waals surface area contributed by atoms with Crippen molar-refractivity contribution in [2.45, 2.75) is 25.2 Å². The van der Waals surface area contributed by atoms with Gasteiger partial charge in [0.15, 0.2) is 5.78 Å². The van der Waals surface area contributed by atoms with Crippen LogP contribution in [0.25, 0.3) is 0 Å². The molecule has 0 unspecified atom stereocenters. The van der Waals surface area contributed by atoms with Gasteiger partial charge in [-0.25, -0.2) is 0 Å². The summed E-state index contributed by atoms with van der Waals surface area (Å²) in [5, 5.41) is 9.55. The van der Waals surface area contributed by atoms with Crippen LogP contribution in [0.4, 0.5) is 0 Å². The quantitative estimate of drug-likeness (QED) is 0.639. The average molecular weight is 234 g/mol. The van der Waals surface area contributed by atoms with Crippen molar-refractivity contribution in [3.63, 3.8) is 0 Å². The number of esters is 1. The molecule has 1 fully saturated rings. The van der Waals surface area contributed by atoms with Crippen molar-refractivity contribution < 1.29 is 19.4 Å². The lowest BCUT2D eigenvalue weighted by molar-refractivity contribution is -0.143. The van der Waals surface area contributed by atoms with Crippen LogP contribution in [-0.2, 0) is 14.9 Å². The molecule has 1 aromatic rings. The normalized spacial score (nSPS) is 16.4. The van der Waals surface area contributed by atoms with Gasteiger partial charge in [0, 0.05) is 0 Å². The van der Waals surface area contributed by atoms with E-state index in [1.165, 1.54) is 20.1 Å². The summed E-state index contributed by atoms with van der Waals surface area (Å²) >= 11 is 0. The van der Waals surface area contributed by atoms with Crippen molar-refractivity contribution in [1.82, 2.24) is 0 Å². The summed E-state index contributed by atoms with van der Waals surface area (Å²) in [4.78, 5) is 23.0. The first kappa shape index (κ1) is 11.6. The highest BCUT2D eigenvalue weighted by Gasteiger charge is 2.52. The van der Waals surface area contributed by atoms with Crippen LogP contribution in [0.2, 0.25) is 0 Å². The Kier molecular flexibility index (Phi) is 2.65. The number of phenols is 1. The molecule has 2 rings (SSSR count). The summed E-state index contributed by atoms with van der Waals surface area (Å²) in [5.41, 5.74) is 0.386. The van der Waals surface area contributed by atoms with E-state index in [0.717, 1.165) is 18.4 Å². The minimum atomic E-state index is -0.605. The third-order valence-corrected chi connectivity index (χ3v) is 3.25. The molecular formula is C13H14O4. The maximum Gasteiger partial charge on any atom is 0.316 e. The van der Waals surface area contributed by atoms with Gasteiger partial charge in [0.1, 0.15) is 5.75 Å². The summed E-state index contributed by atoms with van der Waals surface area (Å²) in [6.07, 6.45) is 1.45. The van der Waals surface area contributed by atoms with E-state index in [0.29, 0.717) is 0 Å². The molecule has 4 heteroatoms. The van der Waals surface area contributed by atoms with Gasteiger partial charge in [0.2, 0.25) is 0 Å². The van der Waals surface area contributed by atoms with E-state index in [4.69, 9.17) is 4.74 Å². The summed E-state index contributed by atoms with van der Waals surface area (Å²) < 4.78 is 4.78. The van der Waals surface area contributed by atoms with Gasteiger partial charge in [-0.05, 0) is 37.5 Å². The SMILES string of the molecule is COC(=O)C1(c2ccc(O)c(C(C)=O)c2)CC1. The highest BCUT2D eigenvalue weighted by molar-refractivity contribution is 5.97. The number of hydrogen-bond acceptors (Lipinski definition) is 4. The number of phenolic OH excluding ortho intramolecular Hbond substituents is 1. The molecular weight excluding hydrogens is 220 g/mol. The number of Topliss-reactive ketones (excluding diaryl/α,β-unsaturated/α-hetero) is 1. The monoisotopic (exact) mass is 234 g/mol. The van der Waals surface area contributed by atoms with Crippen LogP contribution in [0.3, 0.4) is 0 Å². The lowest BCUT2D eigenvalue weighted by atomic mass is 9.93. The maximum atomic E-state index is 11.7. The number of carbonyl (C=O) groups is 2. The largest absolute Gasteiger partial charge is 0.507 e. The van der Waals surface area contributed by atoms with Gasteiger partial charge >= 0.3 is 5.97 Å². The Labute approximate surface area is 99.2 Å². The molecule has 0 bridgehead atoms. The van der Waals surface area contributed by atoms with Gasteiger partial charge in [-0.2, -0.15) is 0 Å². The minimum absolute atomic E-state index is 0.0538. The molecule has 0 heterocycles. The molecule has 1 aliphatic rings. The molecule has 17 heavy (non-hydrogen) atoms. The number of aromatic hydroxyl groups is 1. The second-order valence-electron chi connectivity index (χ2n) is 4.36. The molecule has 0 spiro atoms. The fourth-order valence-electron chi connectivity index (χ4n) is 2.05. The predicted octanol–water partition coefficient (Wildman–Crippen LogP) is 1.80. The summed E-state index contributed by atoms with van der Waals surface area (Å²) in [6.45, 7) is 1.39. The number of ketones is 1. The van der Waals surface area contributed by atoms with Crippen molar-refractivity contribution in [1.29, 1.82) is 0 Å². The molecule has 0 aliphatic heterocycles. The van der Waals surface area contributed by atoms with Gasteiger partial charge in [0.05, 0.1) is 18.1 Å². The van der Waals surface area contributed by atoms with Crippen LogP contribution < -0.4 is 0 Å². The molecule has 1 N–H and O–H groups in total. The highest BCUT2D eigenvalue weighted by atomic mass is 16.5. The molecule has 1 aromatic carbocycles. The van der Waals surface area contributed by atoms with E-state index in [1.807, 2.05) is 0 Å². The minimum Gasteiger partial charge on any atom is -0.507 e. The maximum absolute atomic E-state index is 11.7. The number of methoxy groups -OCH3 is 1. The van der Waals surface area contributed by atoms with Gasteiger partial charge in [0.25, 0.3) is 0 Å². The van der Waals surface area contributed by atoms with Gasteiger partial charge < -0.3 is 9.84 Å². The van der Waals surface area contributed by atoms with E-state index in [9.17, 15) is 14.7 Å². The van der Waals surface area contributed by atoms with Crippen molar-refractivity contribution in [2.24, 2.45) is 0 Å². The summed E-state index contributed by atoms with van der Waals surface area (Å²) in [6, 6.07) is 4.71. The third kappa shape index (κ3) is 1.79. The van der Waals surface area contributed by atoms with Gasteiger partial charge in [-0.1, -0.05) is 6.07 Å². The van der Waals surface area contributed by atoms with Crippen LogP contribution in [0.5, 0.6) is 5.75 Å². The molecule has 0 aromatic heterocycles. The number of carbonyl (C=O) groups excluding carboxylic acids is 2. The molecule has 4 nitrogen and oxygen atoms in total. The number of rotatable bonds is 3. The van der Waals surface area contributed by atoms with E-state index in [-0.39, 0.29) is 23.1 Å². The van der Waals surface area contributed by atoms with Gasteiger partial charge in [-0.3, -0.25) is 9.59 Å². The van der Waals surface area contributed by atoms with E-state index in [2.05, 4.69) is 0 Å². The Balaban J connectivity index is 2.44. The van der Waals surface area contributed by atoms with Crippen molar-refractivity contribution in [2.75, 3.05) is 7.11 Å². The Hall–Kier alpha value is -1.84. The first-order chi connectivity index (χ1) is 8.01. The smallest absolute Gasteiger partial charge is 0.316 e. The Morgan fingerprint density at radius 3 is 2.47 bits per heavy atom. The Morgan fingerprint density at radius 2 is 2.00 bits per heavy atom. The van der Waals surface area contributed by atoms with E-state index in [1.54, 1.807) is 12.1 Å². The van der Waals surface area contributed by atoms with Crippen molar-refractivity contribution >= 4 is 11.8 Å². The third-order valence-electron chi connectivity index (χ3n) is 3.25. The molecule has 1 aliphatic carbocycles. The van der Waals surface area contributed by atoms with Crippen LogP contribution in [0.15, 0.2) is 18.2 Å². The molecule has 0 amide bonds. The number of hydrogen-bond donors (Lipinski definition) is 1. The van der Waals surface area contributed by atoms with Crippen molar-refractivity contribution in [3.05, 3.63) is 29.3 Å².